The predicted octanol–water partition coefficient (Wildman–Crippen LogP) is 2.28. The highest BCUT2D eigenvalue weighted by Crippen LogP contribution is 2.35. The van der Waals surface area contributed by atoms with Crippen molar-refractivity contribution in [3.63, 3.8) is 0 Å². The van der Waals surface area contributed by atoms with E-state index in [0.29, 0.717) is 17.8 Å². The maximum absolute atomic E-state index is 13.7. The molecule has 0 saturated heterocycles. The van der Waals surface area contributed by atoms with E-state index in [9.17, 15) is 18.8 Å². The summed E-state index contributed by atoms with van der Waals surface area (Å²) in [6.45, 7) is 0.557. The maximum Gasteiger partial charge on any atom is 0.346 e. The van der Waals surface area contributed by atoms with Crippen LogP contribution in [0.15, 0.2) is 55.1 Å². The van der Waals surface area contributed by atoms with Crippen LogP contribution in [0.2, 0.25) is 0 Å². The number of anilines is 1. The van der Waals surface area contributed by atoms with Crippen LogP contribution in [0.25, 0.3) is 11.3 Å². The molecule has 0 unspecified atom stereocenters. The zero-order chi connectivity index (χ0) is 30.0. The first kappa shape index (κ1) is 28.3. The van der Waals surface area contributed by atoms with Crippen molar-refractivity contribution in [1.29, 1.82) is 0 Å². The van der Waals surface area contributed by atoms with Crippen molar-refractivity contribution in [3.05, 3.63) is 77.6 Å². The molecule has 4 aromatic rings. The number of ether oxygens (including phenoxy) is 1. The topological polar surface area (TPSA) is 176 Å². The number of amides is 3. The molecule has 3 amide bonds. The number of nitrogens with two attached hydrogens (primary N) is 2. The Morgan fingerprint density at radius 1 is 1.17 bits per heavy atom. The fourth-order valence-electron chi connectivity index (χ4n) is 5.08. The Bertz CT molecular complexity index is 1620. The van der Waals surface area contributed by atoms with Gasteiger partial charge in [0.2, 0.25) is 0 Å². The Balaban J connectivity index is 1.29. The average Bonchev–Trinajstić information content (AvgIpc) is 3.62. The Kier molecular flexibility index (Phi) is 7.86. The molecule has 0 spiro atoms. The highest BCUT2D eigenvalue weighted by molar-refractivity contribution is 6.03. The molecule has 1 fully saturated rings. The van der Waals surface area contributed by atoms with Gasteiger partial charge >= 0.3 is 6.03 Å². The minimum Gasteiger partial charge on any atom is -0.496 e. The van der Waals surface area contributed by atoms with Crippen LogP contribution in [0.5, 0.6) is 5.75 Å². The van der Waals surface area contributed by atoms with Crippen molar-refractivity contribution in [2.45, 2.75) is 32.0 Å². The number of hydrogen-bond acceptors (Lipinski definition) is 8. The molecule has 2 aromatic heterocycles. The van der Waals surface area contributed by atoms with Crippen molar-refractivity contribution in [2.75, 3.05) is 19.9 Å². The summed E-state index contributed by atoms with van der Waals surface area (Å²) in [5.74, 6) is -1.28. The van der Waals surface area contributed by atoms with Crippen LogP contribution in [0.4, 0.5) is 15.0 Å². The van der Waals surface area contributed by atoms with E-state index in [1.807, 2.05) is 0 Å². The Hall–Kier alpha value is -5.27. The minimum absolute atomic E-state index is 0.0564. The second-order valence-electron chi connectivity index (χ2n) is 10.0. The van der Waals surface area contributed by atoms with E-state index in [1.54, 1.807) is 40.9 Å². The summed E-state index contributed by atoms with van der Waals surface area (Å²) >= 11 is 0. The standard InChI is InChI=1S/C28H30FN9O4/c1-36(28(41)38-15-32-14-34-38)21-9-7-18(21)13-37-25(30)23(26(31)39)24(35-37)17-5-3-16(4-6-17)12-33-27(40)20-11-19(29)8-10-22(20)42-2/h3-6,8,10-11,14-15,18,21H,7,9,12-13,30H2,1-2H3,(H2,31,39)(H,33,40)/t18-,21+/m0/s1. The highest BCUT2D eigenvalue weighted by atomic mass is 19.1. The third-order valence-electron chi connectivity index (χ3n) is 7.52. The molecule has 5 N–H and O–H groups in total. The SMILES string of the molecule is COc1ccc(F)cc1C(=O)NCc1ccc(-c2nn(C[C@@H]3CC[C@H]3N(C)C(=O)n3cncn3)c(N)c2C(N)=O)cc1. The third-order valence-corrected chi connectivity index (χ3v) is 7.52. The van der Waals surface area contributed by atoms with Gasteiger partial charge < -0.3 is 26.4 Å². The van der Waals surface area contributed by atoms with Gasteiger partial charge in [-0.2, -0.15) is 14.9 Å². The summed E-state index contributed by atoms with van der Waals surface area (Å²) in [6, 6.07) is 10.4. The number of carbonyl (C=O) groups excluding carboxylic acids is 3. The summed E-state index contributed by atoms with van der Waals surface area (Å²) in [6.07, 6.45) is 4.31. The van der Waals surface area contributed by atoms with Crippen LogP contribution in [0.3, 0.4) is 0 Å². The zero-order valence-corrected chi connectivity index (χ0v) is 23.0. The Morgan fingerprint density at radius 3 is 2.55 bits per heavy atom. The van der Waals surface area contributed by atoms with Crippen LogP contribution in [-0.4, -0.2) is 67.5 Å². The Morgan fingerprint density at radius 2 is 1.93 bits per heavy atom. The number of nitrogens with one attached hydrogen (secondary N) is 1. The second kappa shape index (κ2) is 11.7. The van der Waals surface area contributed by atoms with Crippen molar-refractivity contribution in [1.82, 2.24) is 34.8 Å². The molecular weight excluding hydrogens is 545 g/mol. The first-order chi connectivity index (χ1) is 20.2. The fourth-order valence-corrected chi connectivity index (χ4v) is 5.08. The molecule has 5 rings (SSSR count). The number of nitrogen functional groups attached to an aromatic ring is 1. The molecule has 1 saturated carbocycles. The highest BCUT2D eigenvalue weighted by Gasteiger charge is 2.38. The van der Waals surface area contributed by atoms with E-state index < -0.39 is 17.6 Å². The van der Waals surface area contributed by atoms with Gasteiger partial charge in [-0.1, -0.05) is 24.3 Å². The molecular formula is C28H30FN9O4. The lowest BCUT2D eigenvalue weighted by Gasteiger charge is -2.42. The van der Waals surface area contributed by atoms with Gasteiger partial charge in [-0.3, -0.25) is 9.59 Å². The number of nitrogens with zero attached hydrogens (tertiary/aromatic N) is 6. The first-order valence-electron chi connectivity index (χ1n) is 13.2. The van der Waals surface area contributed by atoms with Gasteiger partial charge in [0.25, 0.3) is 11.8 Å². The predicted molar refractivity (Wildman–Crippen MR) is 150 cm³/mol. The molecule has 0 radical (unpaired) electrons. The molecule has 14 heteroatoms. The van der Waals surface area contributed by atoms with Gasteiger partial charge in [-0.05, 0) is 42.5 Å². The van der Waals surface area contributed by atoms with Crippen molar-refractivity contribution >= 4 is 23.7 Å². The van der Waals surface area contributed by atoms with E-state index in [1.165, 1.54) is 36.6 Å². The molecule has 13 nitrogen and oxygen atoms in total. The molecule has 1 aliphatic carbocycles. The zero-order valence-electron chi connectivity index (χ0n) is 23.0. The van der Waals surface area contributed by atoms with Gasteiger partial charge in [-0.25, -0.2) is 18.9 Å². The van der Waals surface area contributed by atoms with E-state index in [4.69, 9.17) is 16.2 Å². The minimum atomic E-state index is -0.710. The van der Waals surface area contributed by atoms with Crippen molar-refractivity contribution < 1.29 is 23.5 Å². The lowest BCUT2D eigenvalue weighted by atomic mass is 9.78. The van der Waals surface area contributed by atoms with Crippen LogP contribution in [-0.2, 0) is 13.1 Å². The second-order valence-corrected chi connectivity index (χ2v) is 10.0. The molecule has 218 valence electrons. The third kappa shape index (κ3) is 5.50. The van der Waals surface area contributed by atoms with Crippen LogP contribution in [0.1, 0.15) is 39.1 Å². The molecule has 0 aliphatic heterocycles. The summed E-state index contributed by atoms with van der Waals surface area (Å²) in [5.41, 5.74) is 13.9. The van der Waals surface area contributed by atoms with E-state index in [-0.39, 0.29) is 47.2 Å². The van der Waals surface area contributed by atoms with Crippen LogP contribution >= 0.6 is 0 Å². The van der Waals surface area contributed by atoms with E-state index >= 15 is 0 Å². The molecule has 2 heterocycles. The number of aromatic nitrogens is 5. The first-order valence-corrected chi connectivity index (χ1v) is 13.2. The van der Waals surface area contributed by atoms with Gasteiger partial charge in [0, 0.05) is 31.7 Å². The molecule has 2 aromatic carbocycles. The van der Waals surface area contributed by atoms with E-state index in [2.05, 4.69) is 20.5 Å². The van der Waals surface area contributed by atoms with Crippen LogP contribution in [0, 0.1) is 11.7 Å². The molecule has 0 bridgehead atoms. The Labute approximate surface area is 240 Å². The van der Waals surface area contributed by atoms with Gasteiger partial charge in [0.05, 0.1) is 12.7 Å². The van der Waals surface area contributed by atoms with Gasteiger partial charge in [-0.15, -0.1) is 0 Å². The van der Waals surface area contributed by atoms with Crippen molar-refractivity contribution in [2.24, 2.45) is 11.7 Å². The van der Waals surface area contributed by atoms with E-state index in [0.717, 1.165) is 24.5 Å². The fraction of sp³-hybridized carbons (Fsp3) is 0.286. The number of methoxy groups -OCH3 is 1. The number of halogens is 1. The molecule has 2 atom stereocenters. The number of benzene rings is 2. The smallest absolute Gasteiger partial charge is 0.346 e. The monoisotopic (exact) mass is 575 g/mol. The summed E-state index contributed by atoms with van der Waals surface area (Å²) in [7, 11) is 3.12. The maximum atomic E-state index is 13.7. The lowest BCUT2D eigenvalue weighted by Crippen LogP contribution is -2.50. The average molecular weight is 576 g/mol. The number of carbonyl (C=O) groups is 3. The number of rotatable bonds is 9. The lowest BCUT2D eigenvalue weighted by molar-refractivity contribution is 0.0888. The summed E-state index contributed by atoms with van der Waals surface area (Å²) in [4.78, 5) is 43.1. The van der Waals surface area contributed by atoms with Crippen LogP contribution < -0.4 is 21.5 Å². The normalized spacial score (nSPS) is 16.0. The quantitative estimate of drug-likeness (QED) is 0.272. The van der Waals surface area contributed by atoms with Crippen molar-refractivity contribution in [3.8, 4) is 17.0 Å². The van der Waals surface area contributed by atoms with Gasteiger partial charge in [0.1, 0.15) is 41.3 Å². The van der Waals surface area contributed by atoms with Gasteiger partial charge in [0.15, 0.2) is 0 Å². The number of hydrogen-bond donors (Lipinski definition) is 3. The number of primary amides is 1. The largest absolute Gasteiger partial charge is 0.496 e. The molecule has 42 heavy (non-hydrogen) atoms. The molecule has 1 aliphatic rings. The summed E-state index contributed by atoms with van der Waals surface area (Å²) < 4.78 is 21.5. The summed E-state index contributed by atoms with van der Waals surface area (Å²) in [5, 5.41) is 11.3.